The molecule has 0 heterocycles. The highest BCUT2D eigenvalue weighted by Gasteiger charge is 2.35. The van der Waals surface area contributed by atoms with Crippen LogP contribution < -0.4 is 5.32 Å². The third-order valence-electron chi connectivity index (χ3n) is 4.20. The Balaban J connectivity index is 2.11. The van der Waals surface area contributed by atoms with Crippen LogP contribution in [0.2, 0.25) is 0 Å². The number of nitrogens with zero attached hydrogens (tertiary/aromatic N) is 1. The summed E-state index contributed by atoms with van der Waals surface area (Å²) < 4.78 is 0. The van der Waals surface area contributed by atoms with E-state index in [1.165, 1.54) is 0 Å². The number of amides is 2. The van der Waals surface area contributed by atoms with Gasteiger partial charge in [0, 0.05) is 18.8 Å². The summed E-state index contributed by atoms with van der Waals surface area (Å²) in [5.74, 6) is -0.532. The van der Waals surface area contributed by atoms with Crippen molar-refractivity contribution in [3.05, 3.63) is 42.5 Å². The van der Waals surface area contributed by atoms with Gasteiger partial charge in [-0.25, -0.2) is 0 Å². The Morgan fingerprint density at radius 3 is 2.23 bits per heavy atom. The molecule has 0 saturated heterocycles. The van der Waals surface area contributed by atoms with E-state index in [2.05, 4.69) is 5.32 Å². The molecule has 1 aliphatic carbocycles. The minimum Gasteiger partial charge on any atom is -0.343 e. The molecule has 0 spiro atoms. The lowest BCUT2D eigenvalue weighted by Crippen LogP contribution is -2.43. The Kier molecular flexibility index (Phi) is 5.75. The molecule has 0 radical (unpaired) electrons. The summed E-state index contributed by atoms with van der Waals surface area (Å²) in [5.41, 5.74) is 0.774. The molecule has 1 aromatic rings. The minimum atomic E-state index is -0.293. The molecule has 4 heteroatoms. The van der Waals surface area contributed by atoms with E-state index in [0.717, 1.165) is 5.69 Å². The van der Waals surface area contributed by atoms with Gasteiger partial charge in [0.15, 0.2) is 0 Å². The number of para-hydroxylation sites is 1. The summed E-state index contributed by atoms with van der Waals surface area (Å²) >= 11 is 0. The largest absolute Gasteiger partial charge is 0.343 e. The van der Waals surface area contributed by atoms with Crippen molar-refractivity contribution < 1.29 is 9.59 Å². The molecule has 0 aliphatic heterocycles. The van der Waals surface area contributed by atoms with Gasteiger partial charge < -0.3 is 10.2 Å². The van der Waals surface area contributed by atoms with Gasteiger partial charge in [-0.3, -0.25) is 9.59 Å². The minimum absolute atomic E-state index is 0.0685. The van der Waals surface area contributed by atoms with Crippen LogP contribution in [0.4, 0.5) is 5.69 Å². The second-order valence-corrected chi connectivity index (χ2v) is 5.52. The number of hydrogen-bond donors (Lipinski definition) is 1. The van der Waals surface area contributed by atoms with Crippen LogP contribution in [-0.4, -0.2) is 29.8 Å². The summed E-state index contributed by atoms with van der Waals surface area (Å²) in [6.45, 7) is 5.31. The van der Waals surface area contributed by atoms with E-state index in [0.29, 0.717) is 25.9 Å². The second kappa shape index (κ2) is 7.78. The number of hydrogen-bond acceptors (Lipinski definition) is 2. The van der Waals surface area contributed by atoms with E-state index in [9.17, 15) is 9.59 Å². The molecule has 0 bridgehead atoms. The van der Waals surface area contributed by atoms with Crippen LogP contribution >= 0.6 is 0 Å². The van der Waals surface area contributed by atoms with Gasteiger partial charge in [-0.2, -0.15) is 0 Å². The molecular formula is C18H24N2O2. The average Bonchev–Trinajstić information content (AvgIpc) is 2.56. The lowest BCUT2D eigenvalue weighted by atomic mass is 9.81. The fourth-order valence-corrected chi connectivity index (χ4v) is 2.90. The summed E-state index contributed by atoms with van der Waals surface area (Å²) in [5, 5.41) is 2.93. The van der Waals surface area contributed by atoms with E-state index >= 15 is 0 Å². The summed E-state index contributed by atoms with van der Waals surface area (Å²) in [7, 11) is 0. The normalized spacial score (nSPS) is 20.5. The van der Waals surface area contributed by atoms with Crippen LogP contribution in [0.5, 0.6) is 0 Å². The van der Waals surface area contributed by atoms with Gasteiger partial charge in [0.1, 0.15) is 0 Å². The first-order chi connectivity index (χ1) is 10.7. The first kappa shape index (κ1) is 16.3. The molecule has 4 nitrogen and oxygen atoms in total. The number of carbonyl (C=O) groups is 2. The Hall–Kier alpha value is -2.10. The Morgan fingerprint density at radius 2 is 1.64 bits per heavy atom. The number of rotatable bonds is 5. The van der Waals surface area contributed by atoms with Gasteiger partial charge in [0.2, 0.25) is 11.8 Å². The maximum atomic E-state index is 12.6. The van der Waals surface area contributed by atoms with E-state index in [-0.39, 0.29) is 23.7 Å². The molecule has 1 aromatic carbocycles. The highest BCUT2D eigenvalue weighted by atomic mass is 16.2. The molecule has 1 N–H and O–H groups in total. The second-order valence-electron chi connectivity index (χ2n) is 5.52. The first-order valence-corrected chi connectivity index (χ1v) is 7.97. The van der Waals surface area contributed by atoms with Crippen molar-refractivity contribution >= 4 is 17.5 Å². The number of carbonyl (C=O) groups excluding carboxylic acids is 2. The van der Waals surface area contributed by atoms with Crippen LogP contribution in [0, 0.1) is 11.8 Å². The quantitative estimate of drug-likeness (QED) is 0.850. The number of benzene rings is 1. The third kappa shape index (κ3) is 3.75. The Bertz CT molecular complexity index is 535. The van der Waals surface area contributed by atoms with Gasteiger partial charge >= 0.3 is 0 Å². The van der Waals surface area contributed by atoms with Crippen molar-refractivity contribution in [3.63, 3.8) is 0 Å². The summed E-state index contributed by atoms with van der Waals surface area (Å²) in [6.07, 6.45) is 5.28. The van der Waals surface area contributed by atoms with Crippen LogP contribution in [0.3, 0.4) is 0 Å². The SMILES string of the molecule is CCN(CC)C(=O)C1CC=CCC1C(=O)Nc1ccccc1. The van der Waals surface area contributed by atoms with Crippen molar-refractivity contribution in [2.24, 2.45) is 11.8 Å². The van der Waals surface area contributed by atoms with E-state index in [1.807, 2.05) is 61.2 Å². The molecule has 0 fully saturated rings. The molecule has 22 heavy (non-hydrogen) atoms. The zero-order chi connectivity index (χ0) is 15.9. The maximum Gasteiger partial charge on any atom is 0.228 e. The lowest BCUT2D eigenvalue weighted by Gasteiger charge is -2.31. The first-order valence-electron chi connectivity index (χ1n) is 7.97. The topological polar surface area (TPSA) is 49.4 Å². The Labute approximate surface area is 132 Å². The fourth-order valence-electron chi connectivity index (χ4n) is 2.90. The molecular weight excluding hydrogens is 276 g/mol. The van der Waals surface area contributed by atoms with Crippen molar-refractivity contribution in [1.29, 1.82) is 0 Å². The number of nitrogens with one attached hydrogen (secondary N) is 1. The third-order valence-corrected chi connectivity index (χ3v) is 4.20. The molecule has 118 valence electrons. The number of allylic oxidation sites excluding steroid dienone is 2. The molecule has 2 amide bonds. The molecule has 0 aromatic heterocycles. The van der Waals surface area contributed by atoms with Crippen LogP contribution in [0.1, 0.15) is 26.7 Å². The standard InChI is InChI=1S/C18H24N2O2/c1-3-20(4-2)18(22)16-13-9-8-12-15(16)17(21)19-14-10-6-5-7-11-14/h5-11,15-16H,3-4,12-13H2,1-2H3,(H,19,21). The zero-order valence-electron chi connectivity index (χ0n) is 13.3. The van der Waals surface area contributed by atoms with E-state index in [4.69, 9.17) is 0 Å². The lowest BCUT2D eigenvalue weighted by molar-refractivity contribution is -0.140. The molecule has 1 aliphatic rings. The molecule has 0 saturated carbocycles. The van der Waals surface area contributed by atoms with Crippen molar-refractivity contribution in [1.82, 2.24) is 4.90 Å². The maximum absolute atomic E-state index is 12.6. The smallest absolute Gasteiger partial charge is 0.228 e. The van der Waals surface area contributed by atoms with Gasteiger partial charge in [-0.1, -0.05) is 30.4 Å². The van der Waals surface area contributed by atoms with Crippen molar-refractivity contribution in [3.8, 4) is 0 Å². The van der Waals surface area contributed by atoms with E-state index < -0.39 is 0 Å². The van der Waals surface area contributed by atoms with Gasteiger partial charge in [-0.05, 0) is 38.8 Å². The zero-order valence-corrected chi connectivity index (χ0v) is 13.3. The highest BCUT2D eigenvalue weighted by molar-refractivity contribution is 5.96. The van der Waals surface area contributed by atoms with E-state index in [1.54, 1.807) is 0 Å². The average molecular weight is 300 g/mol. The molecule has 2 rings (SSSR count). The predicted octanol–water partition coefficient (Wildman–Crippen LogP) is 3.08. The van der Waals surface area contributed by atoms with Gasteiger partial charge in [0.05, 0.1) is 11.8 Å². The summed E-state index contributed by atoms with van der Waals surface area (Å²) in [4.78, 5) is 27.0. The fraction of sp³-hybridized carbons (Fsp3) is 0.444. The van der Waals surface area contributed by atoms with Crippen molar-refractivity contribution in [2.45, 2.75) is 26.7 Å². The Morgan fingerprint density at radius 1 is 1.05 bits per heavy atom. The van der Waals surface area contributed by atoms with Gasteiger partial charge in [0.25, 0.3) is 0 Å². The number of anilines is 1. The van der Waals surface area contributed by atoms with Crippen molar-refractivity contribution in [2.75, 3.05) is 18.4 Å². The monoisotopic (exact) mass is 300 g/mol. The van der Waals surface area contributed by atoms with Crippen LogP contribution in [-0.2, 0) is 9.59 Å². The molecule has 2 unspecified atom stereocenters. The van der Waals surface area contributed by atoms with Crippen LogP contribution in [0.25, 0.3) is 0 Å². The van der Waals surface area contributed by atoms with Crippen LogP contribution in [0.15, 0.2) is 42.5 Å². The van der Waals surface area contributed by atoms with Gasteiger partial charge in [-0.15, -0.1) is 0 Å². The predicted molar refractivity (Wildman–Crippen MR) is 88.4 cm³/mol. The summed E-state index contributed by atoms with van der Waals surface area (Å²) in [6, 6.07) is 9.39. The highest BCUT2D eigenvalue weighted by Crippen LogP contribution is 2.28. The molecule has 2 atom stereocenters.